The molecule has 0 aliphatic carbocycles. The number of carboxylic acids is 1. The van der Waals surface area contributed by atoms with E-state index in [2.05, 4.69) is 5.32 Å². The van der Waals surface area contributed by atoms with Gasteiger partial charge in [-0.15, -0.1) is 0 Å². The van der Waals surface area contributed by atoms with Gasteiger partial charge in [0, 0.05) is 17.9 Å². The fourth-order valence-corrected chi connectivity index (χ4v) is 2.17. The molecule has 1 aromatic rings. The van der Waals surface area contributed by atoms with E-state index in [4.69, 9.17) is 5.11 Å². The predicted octanol–water partition coefficient (Wildman–Crippen LogP) is 1.39. The maximum atomic E-state index is 11.9. The summed E-state index contributed by atoms with van der Waals surface area (Å²) < 4.78 is 22.8. The first kappa shape index (κ1) is 16.2. The van der Waals surface area contributed by atoms with Gasteiger partial charge in [0.1, 0.15) is 0 Å². The van der Waals surface area contributed by atoms with Crippen LogP contribution in [-0.2, 0) is 19.4 Å². The number of carbonyl (C=O) groups excluding carboxylic acids is 1. The van der Waals surface area contributed by atoms with Gasteiger partial charge in [-0.3, -0.25) is 9.59 Å². The van der Waals surface area contributed by atoms with Crippen LogP contribution in [0, 0.1) is 11.8 Å². The van der Waals surface area contributed by atoms with Gasteiger partial charge in [-0.1, -0.05) is 19.9 Å². The Hall–Kier alpha value is -1.89. The van der Waals surface area contributed by atoms with Crippen molar-refractivity contribution in [3.63, 3.8) is 0 Å². The molecule has 0 aromatic heterocycles. The van der Waals surface area contributed by atoms with Gasteiger partial charge in [0.25, 0.3) is 0 Å². The van der Waals surface area contributed by atoms with Gasteiger partial charge in [0.2, 0.25) is 5.91 Å². The topological polar surface area (TPSA) is 101 Å². The summed E-state index contributed by atoms with van der Waals surface area (Å²) in [5.74, 6) is -3.08. The van der Waals surface area contributed by atoms with E-state index >= 15 is 0 Å². The molecule has 0 aliphatic heterocycles. The number of hydrogen-bond donors (Lipinski definition) is 2. The molecule has 20 heavy (non-hydrogen) atoms. The quantitative estimate of drug-likeness (QED) is 0.855. The molecule has 2 N–H and O–H groups in total. The standard InChI is InChI=1S/C13H17NO5S/c1-8(9(2)13(16)17)12(15)14-10-5-4-6-11(7-10)20(3,18)19/h4-9H,1-3H3,(H,14,15)(H,16,17). The Bertz CT molecular complexity index is 623. The van der Waals surface area contributed by atoms with Gasteiger partial charge in [0.15, 0.2) is 9.84 Å². The number of hydrogen-bond acceptors (Lipinski definition) is 4. The highest BCUT2D eigenvalue weighted by Crippen LogP contribution is 2.18. The van der Waals surface area contributed by atoms with Crippen LogP contribution in [0.15, 0.2) is 29.2 Å². The van der Waals surface area contributed by atoms with Crippen LogP contribution in [0.4, 0.5) is 5.69 Å². The number of anilines is 1. The van der Waals surface area contributed by atoms with Crippen molar-refractivity contribution in [2.24, 2.45) is 11.8 Å². The van der Waals surface area contributed by atoms with Crippen LogP contribution >= 0.6 is 0 Å². The minimum Gasteiger partial charge on any atom is -0.481 e. The monoisotopic (exact) mass is 299 g/mol. The van der Waals surface area contributed by atoms with Gasteiger partial charge >= 0.3 is 5.97 Å². The molecule has 2 unspecified atom stereocenters. The average Bonchev–Trinajstić information content (AvgIpc) is 2.36. The molecule has 0 radical (unpaired) electrons. The molecule has 1 aromatic carbocycles. The molecule has 0 heterocycles. The number of carbonyl (C=O) groups is 2. The molecule has 0 saturated heterocycles. The first-order chi connectivity index (χ1) is 9.12. The van der Waals surface area contributed by atoms with Gasteiger partial charge in [0.05, 0.1) is 10.8 Å². The third-order valence-electron chi connectivity index (χ3n) is 3.08. The van der Waals surface area contributed by atoms with Crippen LogP contribution in [0.1, 0.15) is 13.8 Å². The normalized spacial score (nSPS) is 14.3. The molecule has 0 aliphatic rings. The Kier molecular flexibility index (Phi) is 4.88. The van der Waals surface area contributed by atoms with E-state index in [1.165, 1.54) is 32.0 Å². The van der Waals surface area contributed by atoms with Crippen LogP contribution in [0.5, 0.6) is 0 Å². The van der Waals surface area contributed by atoms with Gasteiger partial charge in [-0.2, -0.15) is 0 Å². The predicted molar refractivity (Wildman–Crippen MR) is 74.1 cm³/mol. The van der Waals surface area contributed by atoms with Crippen LogP contribution in [0.2, 0.25) is 0 Å². The zero-order valence-electron chi connectivity index (χ0n) is 11.5. The van der Waals surface area contributed by atoms with Crippen molar-refractivity contribution in [1.29, 1.82) is 0 Å². The summed E-state index contributed by atoms with van der Waals surface area (Å²) in [7, 11) is -3.36. The van der Waals surface area contributed by atoms with Gasteiger partial charge in [-0.05, 0) is 18.2 Å². The molecule has 6 nitrogen and oxygen atoms in total. The summed E-state index contributed by atoms with van der Waals surface area (Å²) in [6, 6.07) is 5.82. The lowest BCUT2D eigenvalue weighted by atomic mass is 9.95. The molecule has 0 bridgehead atoms. The minimum absolute atomic E-state index is 0.0919. The van der Waals surface area contributed by atoms with Crippen molar-refractivity contribution < 1.29 is 23.1 Å². The van der Waals surface area contributed by atoms with Crippen LogP contribution < -0.4 is 5.32 Å². The number of sulfone groups is 1. The van der Waals surface area contributed by atoms with Gasteiger partial charge in [-0.25, -0.2) is 8.42 Å². The summed E-state index contributed by atoms with van der Waals surface area (Å²) in [4.78, 5) is 22.8. The highest BCUT2D eigenvalue weighted by atomic mass is 32.2. The van der Waals surface area contributed by atoms with Crippen molar-refractivity contribution >= 4 is 27.4 Å². The molecule has 0 saturated carbocycles. The largest absolute Gasteiger partial charge is 0.481 e. The summed E-state index contributed by atoms with van der Waals surface area (Å²) in [6.45, 7) is 2.95. The van der Waals surface area contributed by atoms with E-state index in [1.807, 2.05) is 0 Å². The third-order valence-corrected chi connectivity index (χ3v) is 4.19. The Balaban J connectivity index is 2.89. The molecule has 0 fully saturated rings. The maximum absolute atomic E-state index is 11.9. The fraction of sp³-hybridized carbons (Fsp3) is 0.385. The number of nitrogens with one attached hydrogen (secondary N) is 1. The van der Waals surface area contributed by atoms with Crippen LogP contribution in [0.3, 0.4) is 0 Å². The number of aliphatic carboxylic acids is 1. The summed E-state index contributed by atoms with van der Waals surface area (Å²) in [6.07, 6.45) is 1.07. The zero-order chi connectivity index (χ0) is 15.5. The number of benzene rings is 1. The fourth-order valence-electron chi connectivity index (χ4n) is 1.50. The molecule has 110 valence electrons. The lowest BCUT2D eigenvalue weighted by molar-refractivity contribution is -0.145. The van der Waals surface area contributed by atoms with Gasteiger partial charge < -0.3 is 10.4 Å². The van der Waals surface area contributed by atoms with E-state index in [9.17, 15) is 18.0 Å². The zero-order valence-corrected chi connectivity index (χ0v) is 12.3. The van der Waals surface area contributed by atoms with Crippen LogP contribution in [-0.4, -0.2) is 31.7 Å². The molecular weight excluding hydrogens is 282 g/mol. The van der Waals surface area contributed by atoms with Crippen LogP contribution in [0.25, 0.3) is 0 Å². The van der Waals surface area contributed by atoms with E-state index in [-0.39, 0.29) is 4.90 Å². The van der Waals surface area contributed by atoms with Crippen molar-refractivity contribution in [3.8, 4) is 0 Å². The Labute approximate surface area is 117 Å². The average molecular weight is 299 g/mol. The first-order valence-electron chi connectivity index (χ1n) is 5.96. The van der Waals surface area contributed by atoms with Crippen molar-refractivity contribution in [1.82, 2.24) is 0 Å². The highest BCUT2D eigenvalue weighted by molar-refractivity contribution is 7.90. The second-order valence-corrected chi connectivity index (χ2v) is 6.72. The minimum atomic E-state index is -3.36. The molecule has 1 rings (SSSR count). The summed E-state index contributed by atoms with van der Waals surface area (Å²) in [5, 5.41) is 11.4. The van der Waals surface area contributed by atoms with Crippen molar-refractivity contribution in [2.75, 3.05) is 11.6 Å². The molecule has 7 heteroatoms. The number of amides is 1. The Morgan fingerprint density at radius 3 is 2.30 bits per heavy atom. The van der Waals surface area contributed by atoms with Crippen molar-refractivity contribution in [3.05, 3.63) is 24.3 Å². The first-order valence-corrected chi connectivity index (χ1v) is 7.86. The summed E-state index contributed by atoms with van der Waals surface area (Å²) in [5.41, 5.74) is 0.322. The number of carboxylic acid groups (broad SMARTS) is 1. The third kappa shape index (κ3) is 4.06. The Morgan fingerprint density at radius 2 is 1.80 bits per heavy atom. The van der Waals surface area contributed by atoms with E-state index in [1.54, 1.807) is 6.07 Å². The SMILES string of the molecule is CC(C(=O)O)C(C)C(=O)Nc1cccc(S(C)(=O)=O)c1. The lowest BCUT2D eigenvalue weighted by Gasteiger charge is -2.16. The second-order valence-electron chi connectivity index (χ2n) is 4.70. The molecule has 0 spiro atoms. The molecule has 2 atom stereocenters. The summed E-state index contributed by atoms with van der Waals surface area (Å²) >= 11 is 0. The second kappa shape index (κ2) is 6.04. The van der Waals surface area contributed by atoms with E-state index < -0.39 is 33.5 Å². The maximum Gasteiger partial charge on any atom is 0.307 e. The van der Waals surface area contributed by atoms with Crippen molar-refractivity contribution in [2.45, 2.75) is 18.7 Å². The molecular formula is C13H17NO5S. The molecule has 1 amide bonds. The van der Waals surface area contributed by atoms with E-state index in [0.717, 1.165) is 6.26 Å². The number of rotatable bonds is 5. The Morgan fingerprint density at radius 1 is 1.20 bits per heavy atom. The smallest absolute Gasteiger partial charge is 0.307 e. The highest BCUT2D eigenvalue weighted by Gasteiger charge is 2.25. The van der Waals surface area contributed by atoms with E-state index in [0.29, 0.717) is 5.69 Å². The lowest BCUT2D eigenvalue weighted by Crippen LogP contribution is -2.30.